The molecule has 2 heterocycles. The summed E-state index contributed by atoms with van der Waals surface area (Å²) in [5.74, 6) is 0.786. The molecule has 0 aliphatic heterocycles. The quantitative estimate of drug-likeness (QED) is 0.180. The Morgan fingerprint density at radius 1 is 0.730 bits per heavy atom. The second kappa shape index (κ2) is 9.16. The van der Waals surface area contributed by atoms with E-state index in [1.165, 1.54) is 0 Å². The fourth-order valence-electron chi connectivity index (χ4n) is 4.87. The summed E-state index contributed by atoms with van der Waals surface area (Å²) in [5.41, 5.74) is 4.56. The van der Waals surface area contributed by atoms with Crippen LogP contribution >= 0.6 is 7.14 Å². The highest BCUT2D eigenvalue weighted by molar-refractivity contribution is 7.82. The van der Waals surface area contributed by atoms with Gasteiger partial charge in [0.25, 0.3) is 0 Å². The number of allylic oxidation sites excluding steroid dienone is 4. The Balaban J connectivity index is 1.58. The van der Waals surface area contributed by atoms with Crippen molar-refractivity contribution in [3.8, 4) is 11.4 Å². The number of imidazole rings is 1. The average molecular weight is 498 g/mol. The van der Waals surface area contributed by atoms with Crippen molar-refractivity contribution in [1.82, 2.24) is 14.4 Å². The first kappa shape index (κ1) is 22.9. The molecule has 37 heavy (non-hydrogen) atoms. The first-order chi connectivity index (χ1) is 18.1. The lowest BCUT2D eigenvalue weighted by Crippen LogP contribution is -2.17. The Hall–Kier alpha value is -4.53. The van der Waals surface area contributed by atoms with Crippen LogP contribution in [-0.4, -0.2) is 14.4 Å². The predicted molar refractivity (Wildman–Crippen MR) is 155 cm³/mol. The van der Waals surface area contributed by atoms with E-state index in [1.807, 2.05) is 91.0 Å². The van der Waals surface area contributed by atoms with Crippen molar-refractivity contribution in [1.29, 1.82) is 0 Å². The third kappa shape index (κ3) is 3.66. The lowest BCUT2D eigenvalue weighted by atomic mass is 10.2. The minimum absolute atomic E-state index is 0.647. The molecule has 0 spiro atoms. The predicted octanol–water partition coefficient (Wildman–Crippen LogP) is 7.27. The first-order valence-electron chi connectivity index (χ1n) is 12.0. The maximum absolute atomic E-state index is 14.7. The highest BCUT2D eigenvalue weighted by atomic mass is 31.2. The molecule has 178 valence electrons. The number of hydrogen-bond donors (Lipinski definition) is 0. The smallest absolute Gasteiger partial charge is 0.170 e. The summed E-state index contributed by atoms with van der Waals surface area (Å²) in [6.07, 6.45) is 5.09. The van der Waals surface area contributed by atoms with Crippen LogP contribution in [0.2, 0.25) is 0 Å². The van der Waals surface area contributed by atoms with Crippen molar-refractivity contribution >= 4 is 45.3 Å². The van der Waals surface area contributed by atoms with Gasteiger partial charge in [-0.05, 0) is 24.3 Å². The van der Waals surface area contributed by atoms with Gasteiger partial charge in [0.15, 0.2) is 7.14 Å². The molecule has 0 aliphatic rings. The second-order valence-electron chi connectivity index (χ2n) is 8.74. The summed E-state index contributed by atoms with van der Waals surface area (Å²) in [5, 5.41) is 3.12. The fourth-order valence-corrected chi connectivity index (χ4v) is 7.49. The Morgan fingerprint density at radius 2 is 1.38 bits per heavy atom. The molecule has 0 bridgehead atoms. The molecule has 1 atom stereocenters. The lowest BCUT2D eigenvalue weighted by molar-refractivity contribution is 0.591. The van der Waals surface area contributed by atoms with Crippen molar-refractivity contribution in [2.45, 2.75) is 0 Å². The van der Waals surface area contributed by atoms with Crippen LogP contribution < -0.4 is 10.6 Å². The Kier molecular flexibility index (Phi) is 5.67. The Bertz CT molecular complexity index is 1880. The highest BCUT2D eigenvalue weighted by Gasteiger charge is 2.30. The van der Waals surface area contributed by atoms with Crippen LogP contribution in [0.5, 0.6) is 0 Å². The van der Waals surface area contributed by atoms with E-state index in [0.29, 0.717) is 5.31 Å². The summed E-state index contributed by atoms with van der Waals surface area (Å²) in [6, 6.07) is 33.5. The van der Waals surface area contributed by atoms with Crippen LogP contribution in [0.3, 0.4) is 0 Å². The van der Waals surface area contributed by atoms with Gasteiger partial charge in [-0.3, -0.25) is 4.40 Å². The normalized spacial score (nSPS) is 13.6. The van der Waals surface area contributed by atoms with Crippen LogP contribution in [0, 0.1) is 0 Å². The molecule has 0 saturated carbocycles. The molecule has 4 aromatic carbocycles. The van der Waals surface area contributed by atoms with Gasteiger partial charge < -0.3 is 4.57 Å². The van der Waals surface area contributed by atoms with E-state index >= 15 is 0 Å². The Morgan fingerprint density at radius 3 is 2.11 bits per heavy atom. The molecule has 0 amide bonds. The van der Waals surface area contributed by atoms with E-state index in [9.17, 15) is 4.57 Å². The molecule has 0 aliphatic carbocycles. The molecular weight excluding hydrogens is 473 g/mol. The van der Waals surface area contributed by atoms with Crippen molar-refractivity contribution < 1.29 is 4.57 Å². The molecule has 0 radical (unpaired) electrons. The van der Waals surface area contributed by atoms with Gasteiger partial charge in [0, 0.05) is 26.9 Å². The number of hydrogen-bond acceptors (Lipinski definition) is 3. The highest BCUT2D eigenvalue weighted by Crippen LogP contribution is 2.52. The van der Waals surface area contributed by atoms with Crippen LogP contribution in [0.1, 0.15) is 0 Å². The number of nitrogens with zero attached hydrogens (tertiary/aromatic N) is 3. The molecule has 5 heteroatoms. The van der Waals surface area contributed by atoms with Gasteiger partial charge >= 0.3 is 0 Å². The maximum atomic E-state index is 14.7. The summed E-state index contributed by atoms with van der Waals surface area (Å²) < 4.78 is 16.8. The number of rotatable bonds is 6. The summed E-state index contributed by atoms with van der Waals surface area (Å²) in [7, 11) is -3.14. The van der Waals surface area contributed by atoms with Gasteiger partial charge in [0.05, 0.1) is 16.6 Å². The maximum Gasteiger partial charge on any atom is 0.170 e. The molecule has 0 saturated heterocycles. The van der Waals surface area contributed by atoms with E-state index in [1.54, 1.807) is 18.2 Å². The van der Waals surface area contributed by atoms with E-state index in [4.69, 9.17) is 9.97 Å². The number of para-hydroxylation sites is 3. The van der Waals surface area contributed by atoms with Gasteiger partial charge in [-0.15, -0.1) is 0 Å². The van der Waals surface area contributed by atoms with Crippen molar-refractivity contribution in [2.75, 3.05) is 0 Å². The van der Waals surface area contributed by atoms with E-state index < -0.39 is 7.14 Å². The summed E-state index contributed by atoms with van der Waals surface area (Å²) in [4.78, 5) is 9.97. The minimum atomic E-state index is -3.14. The van der Waals surface area contributed by atoms with Crippen LogP contribution in [0.4, 0.5) is 0 Å². The lowest BCUT2D eigenvalue weighted by Gasteiger charge is -2.21. The Labute approximate surface area is 215 Å². The minimum Gasteiger partial charge on any atom is -0.309 e. The largest absolute Gasteiger partial charge is 0.309 e. The SMILES string of the molecule is C=C/C=C(\C=C)P(=O)(c1ccccc1)c1ccc(-c2nc3ccccc3c3nc4ccccc4n23)cc1. The van der Waals surface area contributed by atoms with Crippen LogP contribution in [-0.2, 0) is 4.57 Å². The topological polar surface area (TPSA) is 47.3 Å². The summed E-state index contributed by atoms with van der Waals surface area (Å²) in [6.45, 7) is 7.75. The number of benzene rings is 4. The van der Waals surface area contributed by atoms with Crippen molar-refractivity contribution in [2.24, 2.45) is 0 Å². The van der Waals surface area contributed by atoms with Crippen LogP contribution in [0.15, 0.2) is 140 Å². The monoisotopic (exact) mass is 497 g/mol. The molecule has 6 aromatic rings. The molecule has 1 unspecified atom stereocenters. The first-order valence-corrected chi connectivity index (χ1v) is 13.7. The third-order valence-electron chi connectivity index (χ3n) is 6.61. The zero-order valence-corrected chi connectivity index (χ0v) is 21.1. The van der Waals surface area contributed by atoms with E-state index in [0.717, 1.165) is 49.6 Å². The zero-order chi connectivity index (χ0) is 25.4. The number of aromatic nitrogens is 3. The number of fused-ring (bicyclic) bond motifs is 5. The van der Waals surface area contributed by atoms with Crippen LogP contribution in [0.25, 0.3) is 39.0 Å². The third-order valence-corrected chi connectivity index (χ3v) is 9.72. The van der Waals surface area contributed by atoms with E-state index in [-0.39, 0.29) is 0 Å². The van der Waals surface area contributed by atoms with E-state index in [2.05, 4.69) is 29.7 Å². The molecular formula is C32H24N3OP. The van der Waals surface area contributed by atoms with Gasteiger partial charge in [-0.25, -0.2) is 9.97 Å². The average Bonchev–Trinajstić information content (AvgIpc) is 3.36. The van der Waals surface area contributed by atoms with Crippen molar-refractivity contribution in [3.05, 3.63) is 140 Å². The van der Waals surface area contributed by atoms with Crippen molar-refractivity contribution in [3.63, 3.8) is 0 Å². The fraction of sp³-hybridized carbons (Fsp3) is 0. The van der Waals surface area contributed by atoms with Gasteiger partial charge in [-0.1, -0.05) is 110 Å². The van der Waals surface area contributed by atoms with Gasteiger partial charge in [-0.2, -0.15) is 0 Å². The molecule has 6 rings (SSSR count). The molecule has 0 N–H and O–H groups in total. The molecule has 4 nitrogen and oxygen atoms in total. The molecule has 0 fully saturated rings. The standard InChI is InChI=1S/C32H24N3OP/c1-3-12-24(4-2)37(36,25-13-6-5-7-14-25)26-21-19-23(20-22-26)31-33-28-16-9-8-15-27(28)32-34-29-17-10-11-18-30(29)35(31)32/h3-22H,1-2H2/b24-12+. The van der Waals surface area contributed by atoms with Gasteiger partial charge in [0.1, 0.15) is 11.5 Å². The second-order valence-corrected chi connectivity index (χ2v) is 11.5. The summed E-state index contributed by atoms with van der Waals surface area (Å²) >= 11 is 0. The molecule has 2 aromatic heterocycles. The van der Waals surface area contributed by atoms with Gasteiger partial charge in [0.2, 0.25) is 0 Å². The zero-order valence-electron chi connectivity index (χ0n) is 20.2.